The molecule has 0 radical (unpaired) electrons. The van der Waals surface area contributed by atoms with Gasteiger partial charge >= 0.3 is 0 Å². The zero-order chi connectivity index (χ0) is 19.7. The van der Waals surface area contributed by atoms with Crippen molar-refractivity contribution in [2.24, 2.45) is 0 Å². The average Bonchev–Trinajstić information content (AvgIpc) is 2.65. The third kappa shape index (κ3) is 3.84. The molecule has 0 aliphatic carbocycles. The Morgan fingerprint density at radius 3 is 2.30 bits per heavy atom. The molecule has 27 heavy (non-hydrogen) atoms. The number of pyridine rings is 1. The van der Waals surface area contributed by atoms with Crippen LogP contribution in [0.2, 0.25) is 5.02 Å². The first kappa shape index (κ1) is 19.4. The molecule has 0 saturated carbocycles. The molecular formula is C18H10Cl2F4N2O. The van der Waals surface area contributed by atoms with Crippen LogP contribution in [0.25, 0.3) is 10.9 Å². The number of anilines is 1. The summed E-state index contributed by atoms with van der Waals surface area (Å²) in [5, 5.41) is 1.14. The van der Waals surface area contributed by atoms with Gasteiger partial charge in [0.15, 0.2) is 23.3 Å². The Morgan fingerprint density at radius 1 is 1.00 bits per heavy atom. The predicted octanol–water partition coefficient (Wildman–Crippen LogP) is 5.22. The summed E-state index contributed by atoms with van der Waals surface area (Å²) < 4.78 is 54.9. The van der Waals surface area contributed by atoms with E-state index in [1.807, 2.05) is 0 Å². The Hall–Kier alpha value is -2.38. The van der Waals surface area contributed by atoms with Crippen LogP contribution >= 0.6 is 23.2 Å². The third-order valence-corrected chi connectivity index (χ3v) is 4.31. The van der Waals surface area contributed by atoms with E-state index >= 15 is 0 Å². The molecule has 0 bridgehead atoms. The van der Waals surface area contributed by atoms with E-state index in [4.69, 9.17) is 23.2 Å². The van der Waals surface area contributed by atoms with Crippen molar-refractivity contribution < 1.29 is 22.4 Å². The second kappa shape index (κ2) is 7.70. The van der Waals surface area contributed by atoms with Gasteiger partial charge in [-0.1, -0.05) is 11.6 Å². The van der Waals surface area contributed by atoms with Crippen molar-refractivity contribution in [3.05, 3.63) is 70.3 Å². The fourth-order valence-electron chi connectivity index (χ4n) is 2.52. The van der Waals surface area contributed by atoms with Gasteiger partial charge in [0, 0.05) is 22.0 Å². The van der Waals surface area contributed by atoms with Crippen molar-refractivity contribution in [2.45, 2.75) is 6.54 Å². The quantitative estimate of drug-likeness (QED) is 0.332. The molecule has 1 amide bonds. The molecule has 3 aromatic rings. The summed E-state index contributed by atoms with van der Waals surface area (Å²) in [6, 6.07) is 7.91. The van der Waals surface area contributed by atoms with Crippen LogP contribution in [0.3, 0.4) is 0 Å². The fraction of sp³-hybridized carbons (Fsp3) is 0.111. The molecular weight excluding hydrogens is 407 g/mol. The SMILES string of the molecule is O=C(CCl)N(Cc1c(F)c(F)cc(F)c1F)c1ccc2cc(Cl)ccc2n1. The molecule has 0 fully saturated rings. The van der Waals surface area contributed by atoms with Crippen LogP contribution in [-0.2, 0) is 11.3 Å². The number of fused-ring (bicyclic) bond motifs is 1. The number of halogens is 6. The smallest absolute Gasteiger partial charge is 0.243 e. The normalized spacial score (nSPS) is 11.0. The Balaban J connectivity index is 2.09. The first-order valence-corrected chi connectivity index (χ1v) is 8.47. The molecule has 0 saturated heterocycles. The van der Waals surface area contributed by atoms with Crippen LogP contribution in [0.5, 0.6) is 0 Å². The highest BCUT2D eigenvalue weighted by molar-refractivity contribution is 6.31. The van der Waals surface area contributed by atoms with Crippen molar-refractivity contribution in [2.75, 3.05) is 10.8 Å². The maximum atomic E-state index is 14.0. The molecule has 0 N–H and O–H groups in total. The number of alkyl halides is 1. The monoisotopic (exact) mass is 416 g/mol. The molecule has 2 aromatic carbocycles. The van der Waals surface area contributed by atoms with Crippen LogP contribution in [0, 0.1) is 23.3 Å². The maximum Gasteiger partial charge on any atom is 0.243 e. The highest BCUT2D eigenvalue weighted by Crippen LogP contribution is 2.26. The second-order valence-electron chi connectivity index (χ2n) is 5.57. The van der Waals surface area contributed by atoms with E-state index in [2.05, 4.69) is 4.98 Å². The van der Waals surface area contributed by atoms with Gasteiger partial charge in [0.25, 0.3) is 0 Å². The zero-order valence-corrected chi connectivity index (χ0v) is 15.0. The van der Waals surface area contributed by atoms with E-state index in [1.54, 1.807) is 24.3 Å². The highest BCUT2D eigenvalue weighted by Gasteiger charge is 2.25. The fourth-order valence-corrected chi connectivity index (χ4v) is 2.85. The number of carbonyl (C=O) groups is 1. The molecule has 0 atom stereocenters. The van der Waals surface area contributed by atoms with E-state index in [-0.39, 0.29) is 11.9 Å². The Kier molecular flexibility index (Phi) is 5.53. The van der Waals surface area contributed by atoms with Crippen molar-refractivity contribution in [1.82, 2.24) is 4.98 Å². The van der Waals surface area contributed by atoms with Crippen LogP contribution in [0.15, 0.2) is 36.4 Å². The van der Waals surface area contributed by atoms with Crippen LogP contribution in [0.1, 0.15) is 5.56 Å². The third-order valence-electron chi connectivity index (χ3n) is 3.85. The lowest BCUT2D eigenvalue weighted by Gasteiger charge is -2.22. The van der Waals surface area contributed by atoms with Gasteiger partial charge in [0.2, 0.25) is 5.91 Å². The van der Waals surface area contributed by atoms with E-state index < -0.39 is 47.2 Å². The van der Waals surface area contributed by atoms with E-state index in [0.29, 0.717) is 15.9 Å². The number of aromatic nitrogens is 1. The molecule has 0 aliphatic heterocycles. The maximum absolute atomic E-state index is 14.0. The van der Waals surface area contributed by atoms with Crippen molar-refractivity contribution in [3.8, 4) is 0 Å². The number of amides is 1. The minimum absolute atomic E-state index is 0.0129. The predicted molar refractivity (Wildman–Crippen MR) is 94.9 cm³/mol. The summed E-state index contributed by atoms with van der Waals surface area (Å²) in [6.07, 6.45) is 0. The van der Waals surface area contributed by atoms with Gasteiger partial charge in [-0.2, -0.15) is 0 Å². The van der Waals surface area contributed by atoms with Gasteiger partial charge in [-0.25, -0.2) is 22.5 Å². The minimum atomic E-state index is -1.59. The first-order chi connectivity index (χ1) is 12.8. The number of carbonyl (C=O) groups excluding carboxylic acids is 1. The molecule has 9 heteroatoms. The van der Waals surface area contributed by atoms with Crippen LogP contribution in [0.4, 0.5) is 23.4 Å². The number of nitrogens with zero attached hydrogens (tertiary/aromatic N) is 2. The largest absolute Gasteiger partial charge is 0.291 e. The zero-order valence-electron chi connectivity index (χ0n) is 13.4. The van der Waals surface area contributed by atoms with E-state index in [0.717, 1.165) is 4.90 Å². The standard InChI is InChI=1S/C18H10Cl2F4N2O/c19-7-16(27)26(8-11-17(23)12(21)6-13(22)18(11)24)15-4-1-9-5-10(20)2-3-14(9)25-15/h1-6H,7-8H2. The first-order valence-electron chi connectivity index (χ1n) is 7.56. The number of hydrogen-bond acceptors (Lipinski definition) is 2. The summed E-state index contributed by atoms with van der Waals surface area (Å²) in [7, 11) is 0. The molecule has 0 spiro atoms. The summed E-state index contributed by atoms with van der Waals surface area (Å²) >= 11 is 11.5. The lowest BCUT2D eigenvalue weighted by molar-refractivity contribution is -0.116. The van der Waals surface area contributed by atoms with Crippen molar-refractivity contribution in [3.63, 3.8) is 0 Å². The van der Waals surface area contributed by atoms with Gasteiger partial charge in [0.1, 0.15) is 11.7 Å². The minimum Gasteiger partial charge on any atom is -0.291 e. The molecule has 3 nitrogen and oxygen atoms in total. The second-order valence-corrected chi connectivity index (χ2v) is 6.27. The molecule has 1 aromatic heterocycles. The highest BCUT2D eigenvalue weighted by atomic mass is 35.5. The van der Waals surface area contributed by atoms with Crippen molar-refractivity contribution >= 4 is 45.8 Å². The molecule has 3 rings (SSSR count). The topological polar surface area (TPSA) is 33.2 Å². The van der Waals surface area contributed by atoms with Crippen LogP contribution in [-0.4, -0.2) is 16.8 Å². The summed E-state index contributed by atoms with van der Waals surface area (Å²) in [6.45, 7) is -0.788. The van der Waals surface area contributed by atoms with Gasteiger partial charge in [-0.05, 0) is 30.3 Å². The van der Waals surface area contributed by atoms with Gasteiger partial charge in [-0.3, -0.25) is 9.69 Å². The van der Waals surface area contributed by atoms with Gasteiger partial charge in [0.05, 0.1) is 12.1 Å². The van der Waals surface area contributed by atoms with Gasteiger partial charge in [-0.15, -0.1) is 11.6 Å². The van der Waals surface area contributed by atoms with Crippen LogP contribution < -0.4 is 4.90 Å². The molecule has 0 unspecified atom stereocenters. The number of rotatable bonds is 4. The lowest BCUT2D eigenvalue weighted by Crippen LogP contribution is -2.33. The summed E-state index contributed by atoms with van der Waals surface area (Å²) in [5.74, 6) is -7.57. The Labute approximate surface area is 161 Å². The average molecular weight is 417 g/mol. The number of hydrogen-bond donors (Lipinski definition) is 0. The summed E-state index contributed by atoms with van der Waals surface area (Å²) in [5.41, 5.74) is -0.486. The summed E-state index contributed by atoms with van der Waals surface area (Å²) in [4.78, 5) is 17.3. The lowest BCUT2D eigenvalue weighted by atomic mass is 10.1. The Bertz CT molecular complexity index is 1020. The molecule has 1 heterocycles. The number of benzene rings is 2. The van der Waals surface area contributed by atoms with Crippen molar-refractivity contribution in [1.29, 1.82) is 0 Å². The molecule has 0 aliphatic rings. The van der Waals surface area contributed by atoms with Gasteiger partial charge < -0.3 is 0 Å². The van der Waals surface area contributed by atoms with E-state index in [9.17, 15) is 22.4 Å². The Morgan fingerprint density at radius 2 is 1.67 bits per heavy atom. The van der Waals surface area contributed by atoms with E-state index in [1.165, 1.54) is 6.07 Å². The molecule has 140 valence electrons.